The van der Waals surface area contributed by atoms with Gasteiger partial charge in [-0.15, -0.1) is 0 Å². The molecule has 0 aliphatic carbocycles. The topological polar surface area (TPSA) is 59.9 Å². The fraction of sp³-hybridized carbons (Fsp3) is 0.333. The second-order valence-electron chi connectivity index (χ2n) is 3.38. The van der Waals surface area contributed by atoms with Gasteiger partial charge in [0.2, 0.25) is 15.0 Å². The van der Waals surface area contributed by atoms with E-state index in [0.717, 1.165) is 11.8 Å². The lowest BCUT2D eigenvalue weighted by Crippen LogP contribution is -2.05. The summed E-state index contributed by atoms with van der Waals surface area (Å²) in [7, 11) is -3.39. The van der Waals surface area contributed by atoms with Crippen LogP contribution in [0.5, 0.6) is 0 Å². The van der Waals surface area contributed by atoms with Crippen molar-refractivity contribution < 1.29 is 8.42 Å². The molecule has 1 heterocycles. The van der Waals surface area contributed by atoms with Crippen LogP contribution in [0.4, 0.5) is 0 Å². The van der Waals surface area contributed by atoms with Gasteiger partial charge < -0.3 is 0 Å². The van der Waals surface area contributed by atoms with Crippen molar-refractivity contribution in [3.63, 3.8) is 0 Å². The molecule has 0 radical (unpaired) electrons. The van der Waals surface area contributed by atoms with Crippen molar-refractivity contribution in [3.05, 3.63) is 22.5 Å². The van der Waals surface area contributed by atoms with Gasteiger partial charge in [0, 0.05) is 6.26 Å². The third kappa shape index (κ3) is 3.28. The van der Waals surface area contributed by atoms with Crippen LogP contribution in [0.3, 0.4) is 0 Å². The van der Waals surface area contributed by atoms with Crippen LogP contribution in [0.2, 0.25) is 5.02 Å². The number of hydrogen-bond acceptors (Lipinski definition) is 4. The van der Waals surface area contributed by atoms with Gasteiger partial charge >= 0.3 is 0 Å². The SMILES string of the molecule is CC(C)=Cc1nc(S(C)(=O)=O)ncc1Cl. The maximum atomic E-state index is 11.2. The highest BCUT2D eigenvalue weighted by Gasteiger charge is 2.12. The Morgan fingerprint density at radius 2 is 2.07 bits per heavy atom. The first-order chi connectivity index (χ1) is 6.80. The van der Waals surface area contributed by atoms with Crippen LogP contribution in [0, 0.1) is 0 Å². The summed E-state index contributed by atoms with van der Waals surface area (Å²) in [6.45, 7) is 3.75. The highest BCUT2D eigenvalue weighted by atomic mass is 35.5. The summed E-state index contributed by atoms with van der Waals surface area (Å²) in [5, 5.41) is 0.128. The summed E-state index contributed by atoms with van der Waals surface area (Å²) < 4.78 is 22.4. The predicted molar refractivity (Wildman–Crippen MR) is 59.5 cm³/mol. The average molecular weight is 247 g/mol. The zero-order valence-electron chi connectivity index (χ0n) is 8.65. The quantitative estimate of drug-likeness (QED) is 0.749. The molecular weight excluding hydrogens is 236 g/mol. The molecule has 0 amide bonds. The van der Waals surface area contributed by atoms with E-state index in [1.54, 1.807) is 6.08 Å². The standard InChI is InChI=1S/C9H11ClN2O2S/c1-6(2)4-8-7(10)5-11-9(12-8)15(3,13)14/h4-5H,1-3H3. The molecule has 0 aromatic carbocycles. The zero-order valence-corrected chi connectivity index (χ0v) is 10.2. The first kappa shape index (κ1) is 12.1. The number of nitrogens with zero attached hydrogens (tertiary/aromatic N) is 2. The molecule has 82 valence electrons. The normalized spacial score (nSPS) is 11.2. The minimum atomic E-state index is -3.39. The van der Waals surface area contributed by atoms with E-state index >= 15 is 0 Å². The summed E-state index contributed by atoms with van der Waals surface area (Å²) in [5.74, 6) is 0. The van der Waals surface area contributed by atoms with Gasteiger partial charge in [0.15, 0.2) is 0 Å². The van der Waals surface area contributed by atoms with Gasteiger partial charge in [-0.25, -0.2) is 18.4 Å². The number of aromatic nitrogens is 2. The maximum Gasteiger partial charge on any atom is 0.247 e. The molecule has 0 bridgehead atoms. The van der Waals surface area contributed by atoms with Gasteiger partial charge in [0.1, 0.15) is 0 Å². The molecule has 1 aromatic heterocycles. The molecule has 1 rings (SSSR count). The minimum Gasteiger partial charge on any atom is -0.225 e. The largest absolute Gasteiger partial charge is 0.247 e. The Labute approximate surface area is 93.9 Å². The van der Waals surface area contributed by atoms with Crippen LogP contribution >= 0.6 is 11.6 Å². The first-order valence-electron chi connectivity index (χ1n) is 4.18. The van der Waals surface area contributed by atoms with Gasteiger partial charge in [-0.1, -0.05) is 17.2 Å². The lowest BCUT2D eigenvalue weighted by Gasteiger charge is -2.01. The molecule has 0 N–H and O–H groups in total. The van der Waals surface area contributed by atoms with Gasteiger partial charge in [-0.2, -0.15) is 0 Å². The highest BCUT2D eigenvalue weighted by Crippen LogP contribution is 2.17. The summed E-state index contributed by atoms with van der Waals surface area (Å²) in [6.07, 6.45) is 4.06. The number of allylic oxidation sites excluding steroid dienone is 1. The molecule has 1 aromatic rings. The summed E-state index contributed by atoms with van der Waals surface area (Å²) in [4.78, 5) is 7.53. The summed E-state index contributed by atoms with van der Waals surface area (Å²) in [6, 6.07) is 0. The lowest BCUT2D eigenvalue weighted by molar-refractivity contribution is 0.592. The van der Waals surface area contributed by atoms with Crippen molar-refractivity contribution in [2.24, 2.45) is 0 Å². The smallest absolute Gasteiger partial charge is 0.225 e. The Kier molecular flexibility index (Phi) is 3.46. The van der Waals surface area contributed by atoms with Crippen LogP contribution in [-0.2, 0) is 9.84 Å². The number of sulfone groups is 1. The fourth-order valence-electron chi connectivity index (χ4n) is 0.917. The second kappa shape index (κ2) is 4.28. The number of hydrogen-bond donors (Lipinski definition) is 0. The molecule has 0 aliphatic heterocycles. The fourth-order valence-corrected chi connectivity index (χ4v) is 1.57. The van der Waals surface area contributed by atoms with E-state index in [2.05, 4.69) is 9.97 Å². The molecule has 0 unspecified atom stereocenters. The van der Waals surface area contributed by atoms with E-state index in [0.29, 0.717) is 10.7 Å². The second-order valence-corrected chi connectivity index (χ2v) is 5.70. The molecule has 0 saturated carbocycles. The van der Waals surface area contributed by atoms with Crippen LogP contribution in [0.15, 0.2) is 16.9 Å². The number of halogens is 1. The van der Waals surface area contributed by atoms with Crippen LogP contribution < -0.4 is 0 Å². The molecule has 0 fully saturated rings. The molecular formula is C9H11ClN2O2S. The third-order valence-electron chi connectivity index (χ3n) is 1.51. The van der Waals surface area contributed by atoms with E-state index in [1.165, 1.54) is 6.20 Å². The van der Waals surface area contributed by atoms with Crippen molar-refractivity contribution >= 4 is 27.5 Å². The van der Waals surface area contributed by atoms with E-state index < -0.39 is 9.84 Å². The predicted octanol–water partition coefficient (Wildman–Crippen LogP) is 1.96. The van der Waals surface area contributed by atoms with E-state index in [1.807, 2.05) is 13.8 Å². The third-order valence-corrected chi connectivity index (χ3v) is 2.66. The first-order valence-corrected chi connectivity index (χ1v) is 6.45. The lowest BCUT2D eigenvalue weighted by atomic mass is 10.2. The molecule has 0 aliphatic rings. The molecule has 0 saturated heterocycles. The Hall–Kier alpha value is -0.940. The molecule has 4 nitrogen and oxygen atoms in total. The van der Waals surface area contributed by atoms with Crippen molar-refractivity contribution in [2.75, 3.05) is 6.26 Å². The van der Waals surface area contributed by atoms with E-state index in [-0.39, 0.29) is 5.16 Å². The zero-order chi connectivity index (χ0) is 11.6. The molecule has 6 heteroatoms. The van der Waals surface area contributed by atoms with Gasteiger partial charge in [0.05, 0.1) is 16.9 Å². The van der Waals surface area contributed by atoms with Crippen molar-refractivity contribution in [1.29, 1.82) is 0 Å². The Balaban J connectivity index is 3.36. The Morgan fingerprint density at radius 1 is 1.47 bits per heavy atom. The van der Waals surface area contributed by atoms with Crippen molar-refractivity contribution in [3.8, 4) is 0 Å². The van der Waals surface area contributed by atoms with Crippen LogP contribution in [0.25, 0.3) is 6.08 Å². The van der Waals surface area contributed by atoms with Crippen LogP contribution in [-0.4, -0.2) is 24.6 Å². The van der Waals surface area contributed by atoms with Gasteiger partial charge in [0.25, 0.3) is 0 Å². The van der Waals surface area contributed by atoms with Gasteiger partial charge in [-0.05, 0) is 19.9 Å². The minimum absolute atomic E-state index is 0.209. The molecule has 0 atom stereocenters. The van der Waals surface area contributed by atoms with E-state index in [4.69, 9.17) is 11.6 Å². The van der Waals surface area contributed by atoms with Crippen LogP contribution in [0.1, 0.15) is 19.5 Å². The van der Waals surface area contributed by atoms with Crippen molar-refractivity contribution in [1.82, 2.24) is 9.97 Å². The summed E-state index contributed by atoms with van der Waals surface area (Å²) in [5.41, 5.74) is 1.40. The number of rotatable bonds is 2. The Morgan fingerprint density at radius 3 is 2.53 bits per heavy atom. The summed E-state index contributed by atoms with van der Waals surface area (Å²) >= 11 is 5.83. The maximum absolute atomic E-state index is 11.2. The molecule has 15 heavy (non-hydrogen) atoms. The highest BCUT2D eigenvalue weighted by molar-refractivity contribution is 7.90. The van der Waals surface area contributed by atoms with Crippen molar-refractivity contribution in [2.45, 2.75) is 19.0 Å². The monoisotopic (exact) mass is 246 g/mol. The Bertz CT molecular complexity index is 505. The average Bonchev–Trinajstić information content (AvgIpc) is 2.06. The van der Waals surface area contributed by atoms with Gasteiger partial charge in [-0.3, -0.25) is 0 Å². The molecule has 0 spiro atoms. The van der Waals surface area contributed by atoms with E-state index in [9.17, 15) is 8.42 Å².